The second-order valence-corrected chi connectivity index (χ2v) is 9.12. The van der Waals surface area contributed by atoms with Gasteiger partial charge >= 0.3 is 0 Å². The Balaban J connectivity index is 1.87. The number of unbranched alkanes of at least 4 members (excludes halogenated alkanes) is 3. The lowest BCUT2D eigenvalue weighted by atomic mass is 10.1. The molecule has 0 saturated heterocycles. The van der Waals surface area contributed by atoms with Crippen molar-refractivity contribution in [1.82, 2.24) is 0 Å². The molecule has 0 unspecified atom stereocenters. The van der Waals surface area contributed by atoms with Crippen LogP contribution in [0, 0.1) is 20.8 Å². The molecule has 1 N–H and O–H groups in total. The fourth-order valence-corrected chi connectivity index (χ4v) is 6.30. The van der Waals surface area contributed by atoms with Gasteiger partial charge in [-0.25, -0.2) is 0 Å². The molecule has 3 heterocycles. The largest absolute Gasteiger partial charge is 0.396 e. The van der Waals surface area contributed by atoms with Crippen LogP contribution in [0.4, 0.5) is 5.69 Å². The van der Waals surface area contributed by atoms with Crippen LogP contribution in [0.25, 0.3) is 9.75 Å². The van der Waals surface area contributed by atoms with Crippen molar-refractivity contribution >= 4 is 40.3 Å². The topological polar surface area (TPSA) is 45.0 Å². The maximum absolute atomic E-state index is 8.88. The average molecular weight is 367 g/mol. The summed E-state index contributed by atoms with van der Waals surface area (Å²) >= 11 is 5.27. The van der Waals surface area contributed by atoms with Crippen molar-refractivity contribution in [3.05, 3.63) is 20.9 Å². The summed E-state index contributed by atoms with van der Waals surface area (Å²) in [7, 11) is 0. The fourth-order valence-electron chi connectivity index (χ4n) is 2.85. The van der Waals surface area contributed by atoms with Gasteiger partial charge in [-0.15, -0.1) is 32.3 Å². The molecule has 1 aliphatic rings. The molecule has 23 heavy (non-hydrogen) atoms. The third kappa shape index (κ3) is 3.40. The van der Waals surface area contributed by atoms with E-state index >= 15 is 0 Å². The van der Waals surface area contributed by atoms with Crippen molar-refractivity contribution in [3.63, 3.8) is 0 Å². The lowest BCUT2D eigenvalue weighted by molar-refractivity contribution is 0.282. The highest BCUT2D eigenvalue weighted by atomic mass is 32.2. The van der Waals surface area contributed by atoms with Crippen LogP contribution in [0.2, 0.25) is 0 Å². The third-order valence-electron chi connectivity index (χ3n) is 4.33. The molecule has 0 aliphatic carbocycles. The van der Waals surface area contributed by atoms with Gasteiger partial charge in [0.1, 0.15) is 5.69 Å². The minimum Gasteiger partial charge on any atom is -0.396 e. The molecule has 0 saturated carbocycles. The number of hydrogen-bond acceptors (Lipinski definition) is 6. The Morgan fingerprint density at radius 2 is 1.65 bits per heavy atom. The molecule has 0 atom stereocenters. The number of hydrogen-bond donors (Lipinski definition) is 1. The molecule has 0 spiro atoms. The zero-order chi connectivity index (χ0) is 16.4. The molecule has 3 nitrogen and oxygen atoms in total. The number of fused-ring (bicyclic) bond motifs is 3. The molecule has 0 aromatic carbocycles. The van der Waals surface area contributed by atoms with Crippen molar-refractivity contribution in [2.45, 2.75) is 57.8 Å². The van der Waals surface area contributed by atoms with Gasteiger partial charge in [-0.05, 0) is 51.2 Å². The zero-order valence-electron chi connectivity index (χ0n) is 13.8. The van der Waals surface area contributed by atoms with Crippen molar-refractivity contribution in [2.75, 3.05) is 6.61 Å². The van der Waals surface area contributed by atoms with E-state index in [0.29, 0.717) is 6.61 Å². The van der Waals surface area contributed by atoms with Gasteiger partial charge in [0.25, 0.3) is 0 Å². The molecule has 6 heteroatoms. The number of rotatable bonds is 6. The zero-order valence-corrected chi connectivity index (χ0v) is 16.3. The predicted octanol–water partition coefficient (Wildman–Crippen LogP) is 6.60. The van der Waals surface area contributed by atoms with Crippen LogP contribution in [0.3, 0.4) is 0 Å². The molecule has 1 aliphatic heterocycles. The van der Waals surface area contributed by atoms with E-state index in [1.54, 1.807) is 0 Å². The van der Waals surface area contributed by atoms with Crippen LogP contribution in [-0.2, 0) is 6.42 Å². The first-order valence-corrected chi connectivity index (χ1v) is 10.5. The second kappa shape index (κ2) is 7.47. The van der Waals surface area contributed by atoms with Crippen LogP contribution in [0.15, 0.2) is 14.5 Å². The quantitative estimate of drug-likeness (QED) is 0.462. The molecule has 124 valence electrons. The van der Waals surface area contributed by atoms with Crippen LogP contribution in [-0.4, -0.2) is 11.7 Å². The van der Waals surface area contributed by atoms with Crippen LogP contribution >= 0.6 is 34.6 Å². The summed E-state index contributed by atoms with van der Waals surface area (Å²) in [6.07, 6.45) is 5.49. The summed E-state index contributed by atoms with van der Waals surface area (Å²) in [5.74, 6) is 0. The first-order chi connectivity index (χ1) is 11.1. The standard InChI is InChI=1S/C17H22N2OS3/c1-10-11(2)21-16-14(10)18-19-23-15-13(12(3)22-17(15)16)8-6-4-5-7-9-20/h20H,4-9H2,1-3H3. The fraction of sp³-hybridized carbons (Fsp3) is 0.529. The van der Waals surface area contributed by atoms with Crippen molar-refractivity contribution in [3.8, 4) is 9.75 Å². The number of aliphatic hydroxyl groups is 1. The normalized spacial score (nSPS) is 13.0. The number of aryl methyl sites for hydroxylation is 2. The van der Waals surface area contributed by atoms with Gasteiger partial charge in [-0.3, -0.25) is 0 Å². The molecule has 2 aromatic heterocycles. The SMILES string of the molecule is Cc1sc2c(c1C)N=NSc1c-2sc(C)c1CCCCCCO. The summed E-state index contributed by atoms with van der Waals surface area (Å²) in [5, 5.41) is 13.3. The van der Waals surface area contributed by atoms with Gasteiger partial charge in [-0.1, -0.05) is 12.8 Å². The van der Waals surface area contributed by atoms with E-state index in [1.807, 2.05) is 22.7 Å². The van der Waals surface area contributed by atoms with Crippen LogP contribution in [0.5, 0.6) is 0 Å². The van der Waals surface area contributed by atoms with Gasteiger partial charge in [-0.2, -0.15) is 0 Å². The molecular formula is C17H22N2OS3. The minimum atomic E-state index is 0.309. The van der Waals surface area contributed by atoms with Crippen molar-refractivity contribution in [1.29, 1.82) is 0 Å². The van der Waals surface area contributed by atoms with Crippen molar-refractivity contribution in [2.24, 2.45) is 9.63 Å². The number of nitrogens with zero attached hydrogens (tertiary/aromatic N) is 2. The monoisotopic (exact) mass is 366 g/mol. The van der Waals surface area contributed by atoms with Crippen molar-refractivity contribution < 1.29 is 5.11 Å². The lowest BCUT2D eigenvalue weighted by Crippen LogP contribution is -1.89. The van der Waals surface area contributed by atoms with E-state index in [9.17, 15) is 0 Å². The van der Waals surface area contributed by atoms with Crippen LogP contribution < -0.4 is 0 Å². The van der Waals surface area contributed by atoms with E-state index in [-0.39, 0.29) is 0 Å². The van der Waals surface area contributed by atoms with E-state index in [2.05, 4.69) is 30.4 Å². The Morgan fingerprint density at radius 1 is 0.913 bits per heavy atom. The molecule has 0 radical (unpaired) electrons. The van der Waals surface area contributed by atoms with Crippen LogP contribution in [0.1, 0.15) is 46.6 Å². The van der Waals surface area contributed by atoms with Gasteiger partial charge in [0, 0.05) is 28.3 Å². The maximum Gasteiger partial charge on any atom is 0.109 e. The summed E-state index contributed by atoms with van der Waals surface area (Å²) in [5.41, 5.74) is 3.78. The highest BCUT2D eigenvalue weighted by molar-refractivity contribution is 7.98. The number of aliphatic hydroxyl groups excluding tert-OH is 1. The Labute approximate surface area is 150 Å². The molecule has 0 amide bonds. The molecule has 0 fully saturated rings. The van der Waals surface area contributed by atoms with Gasteiger partial charge in [0.2, 0.25) is 0 Å². The van der Waals surface area contributed by atoms with E-state index in [0.717, 1.165) is 24.9 Å². The molecule has 3 rings (SSSR count). The summed E-state index contributed by atoms with van der Waals surface area (Å²) in [6, 6.07) is 0. The highest BCUT2D eigenvalue weighted by Crippen LogP contribution is 2.53. The molecule has 0 bridgehead atoms. The Hall–Kier alpha value is -0.690. The summed E-state index contributed by atoms with van der Waals surface area (Å²) in [4.78, 5) is 6.72. The molecular weight excluding hydrogens is 344 g/mol. The Morgan fingerprint density at radius 3 is 2.43 bits per heavy atom. The first kappa shape index (κ1) is 17.1. The number of thiophene rings is 2. The molecule has 2 aromatic rings. The second-order valence-electron chi connectivity index (χ2n) is 5.92. The average Bonchev–Trinajstić information content (AvgIpc) is 2.91. The predicted molar refractivity (Wildman–Crippen MR) is 101 cm³/mol. The Bertz CT molecular complexity index is 731. The highest BCUT2D eigenvalue weighted by Gasteiger charge is 2.25. The third-order valence-corrected chi connectivity index (χ3v) is 7.76. The summed E-state index contributed by atoms with van der Waals surface area (Å²) in [6.45, 7) is 6.84. The van der Waals surface area contributed by atoms with E-state index in [4.69, 9.17) is 5.11 Å². The maximum atomic E-state index is 8.88. The first-order valence-electron chi connectivity index (χ1n) is 8.05. The van der Waals surface area contributed by atoms with E-state index in [1.165, 1.54) is 60.3 Å². The lowest BCUT2D eigenvalue weighted by Gasteiger charge is -2.04. The van der Waals surface area contributed by atoms with E-state index < -0.39 is 0 Å². The minimum absolute atomic E-state index is 0.309. The smallest absolute Gasteiger partial charge is 0.109 e. The van der Waals surface area contributed by atoms with Gasteiger partial charge < -0.3 is 5.11 Å². The summed E-state index contributed by atoms with van der Waals surface area (Å²) < 4.78 is 4.38. The van der Waals surface area contributed by atoms with Gasteiger partial charge in [0.05, 0.1) is 14.6 Å². The van der Waals surface area contributed by atoms with Gasteiger partial charge in [0.15, 0.2) is 0 Å². The Kier molecular flexibility index (Phi) is 5.57.